The summed E-state index contributed by atoms with van der Waals surface area (Å²) >= 11 is 0. The Morgan fingerprint density at radius 1 is 1.26 bits per heavy atom. The summed E-state index contributed by atoms with van der Waals surface area (Å²) < 4.78 is 11.1. The third kappa shape index (κ3) is 4.90. The maximum atomic E-state index is 12.6. The van der Waals surface area contributed by atoms with Gasteiger partial charge >= 0.3 is 0 Å². The van der Waals surface area contributed by atoms with Crippen LogP contribution in [0.3, 0.4) is 0 Å². The summed E-state index contributed by atoms with van der Waals surface area (Å²) in [5, 5.41) is 3.07. The maximum Gasteiger partial charge on any atom is 0.225 e. The summed E-state index contributed by atoms with van der Waals surface area (Å²) in [6, 6.07) is 3.64. The number of rotatable bonds is 6. The Kier molecular flexibility index (Phi) is 5.91. The van der Waals surface area contributed by atoms with Crippen LogP contribution in [0.15, 0.2) is 22.8 Å². The molecule has 0 radical (unpaired) electrons. The zero-order valence-electron chi connectivity index (χ0n) is 16.7. The van der Waals surface area contributed by atoms with Gasteiger partial charge in [0.25, 0.3) is 0 Å². The van der Waals surface area contributed by atoms with Crippen molar-refractivity contribution in [1.82, 2.24) is 15.1 Å². The van der Waals surface area contributed by atoms with Gasteiger partial charge in [0.15, 0.2) is 0 Å². The highest BCUT2D eigenvalue weighted by Gasteiger charge is 2.37. The van der Waals surface area contributed by atoms with Crippen molar-refractivity contribution in [3.63, 3.8) is 0 Å². The van der Waals surface area contributed by atoms with Crippen molar-refractivity contribution < 1.29 is 18.7 Å². The van der Waals surface area contributed by atoms with Gasteiger partial charge in [0, 0.05) is 38.1 Å². The maximum absolute atomic E-state index is 12.6. The van der Waals surface area contributed by atoms with Gasteiger partial charge in [0.2, 0.25) is 11.8 Å². The van der Waals surface area contributed by atoms with E-state index in [9.17, 15) is 9.59 Å². The highest BCUT2D eigenvalue weighted by molar-refractivity contribution is 5.89. The quantitative estimate of drug-likeness (QED) is 0.816. The van der Waals surface area contributed by atoms with E-state index < -0.39 is 0 Å². The minimum Gasteiger partial charge on any atom is -0.467 e. The van der Waals surface area contributed by atoms with E-state index in [1.54, 1.807) is 17.2 Å². The first kappa shape index (κ1) is 19.9. The van der Waals surface area contributed by atoms with E-state index in [-0.39, 0.29) is 41.9 Å². The second-order valence-electron chi connectivity index (χ2n) is 8.45. The van der Waals surface area contributed by atoms with Crippen molar-refractivity contribution in [2.45, 2.75) is 58.4 Å². The Bertz CT molecular complexity index is 648. The molecule has 2 aliphatic heterocycles. The summed E-state index contributed by atoms with van der Waals surface area (Å²) in [7, 11) is 0. The molecule has 3 heterocycles. The second-order valence-corrected chi connectivity index (χ2v) is 8.45. The van der Waals surface area contributed by atoms with E-state index >= 15 is 0 Å². The normalized spacial score (nSPS) is 27.2. The zero-order chi connectivity index (χ0) is 19.6. The molecule has 1 aromatic rings. The average Bonchev–Trinajstić information content (AvgIpc) is 3.23. The molecule has 2 saturated heterocycles. The number of hydrogen-bond acceptors (Lipinski definition) is 5. The van der Waals surface area contributed by atoms with Crippen LogP contribution in [-0.2, 0) is 20.9 Å². The van der Waals surface area contributed by atoms with Crippen LogP contribution < -0.4 is 5.32 Å². The summed E-state index contributed by atoms with van der Waals surface area (Å²) in [5.74, 6) is 0.390. The molecule has 1 N–H and O–H groups in total. The number of hydrogen-bond donors (Lipinski definition) is 1. The number of furan rings is 1. The van der Waals surface area contributed by atoms with Gasteiger partial charge in [0.05, 0.1) is 30.9 Å². The third-order valence-electron chi connectivity index (χ3n) is 5.48. The van der Waals surface area contributed by atoms with Crippen LogP contribution in [0.5, 0.6) is 0 Å². The van der Waals surface area contributed by atoms with Gasteiger partial charge in [0.1, 0.15) is 5.76 Å². The Morgan fingerprint density at radius 2 is 1.96 bits per heavy atom. The van der Waals surface area contributed by atoms with Gasteiger partial charge in [-0.25, -0.2) is 0 Å². The van der Waals surface area contributed by atoms with Crippen molar-refractivity contribution in [2.75, 3.05) is 26.2 Å². The number of nitrogens with one attached hydrogen (secondary N) is 1. The van der Waals surface area contributed by atoms with Crippen LogP contribution in [0.2, 0.25) is 0 Å². The highest BCUT2D eigenvalue weighted by Crippen LogP contribution is 2.23. The number of amides is 2. The molecule has 0 bridgehead atoms. The number of carbonyl (C=O) groups excluding carboxylic acids is 2. The topological polar surface area (TPSA) is 75.0 Å². The fraction of sp³-hybridized carbons (Fsp3) is 0.700. The molecule has 0 unspecified atom stereocenters. The molecule has 27 heavy (non-hydrogen) atoms. The molecule has 0 aliphatic carbocycles. The molecule has 0 aromatic carbocycles. The molecule has 7 heteroatoms. The van der Waals surface area contributed by atoms with Gasteiger partial charge in [-0.3, -0.25) is 14.5 Å². The van der Waals surface area contributed by atoms with Crippen LogP contribution in [-0.4, -0.2) is 65.5 Å². The lowest BCUT2D eigenvalue weighted by Crippen LogP contribution is -2.59. The van der Waals surface area contributed by atoms with E-state index in [2.05, 4.69) is 37.9 Å². The van der Waals surface area contributed by atoms with E-state index in [4.69, 9.17) is 9.15 Å². The largest absolute Gasteiger partial charge is 0.467 e. The van der Waals surface area contributed by atoms with Gasteiger partial charge in [-0.05, 0) is 39.8 Å². The molecule has 0 saturated carbocycles. The van der Waals surface area contributed by atoms with E-state index in [0.29, 0.717) is 19.6 Å². The lowest BCUT2D eigenvalue weighted by molar-refractivity contribution is -0.129. The molecule has 3 atom stereocenters. The van der Waals surface area contributed by atoms with Crippen LogP contribution in [0, 0.1) is 5.92 Å². The van der Waals surface area contributed by atoms with E-state index in [1.165, 1.54) is 0 Å². The lowest BCUT2D eigenvalue weighted by atomic mass is 9.99. The van der Waals surface area contributed by atoms with Crippen LogP contribution in [0.4, 0.5) is 0 Å². The SMILES string of the molecule is C[C@@H]1CN(C(C)(C)CNC(=O)[C@H]2CC(=O)N(Cc3ccco3)C2)C[C@@H](C)O1. The minimum atomic E-state index is -0.300. The van der Waals surface area contributed by atoms with Crippen LogP contribution in [0.1, 0.15) is 39.9 Å². The fourth-order valence-electron chi connectivity index (χ4n) is 3.92. The standard InChI is InChI=1S/C20H31N3O4/c1-14-9-23(10-15(2)27-14)20(3,4)13-21-19(25)16-8-18(24)22(11-16)12-17-6-5-7-26-17/h5-7,14-16H,8-13H2,1-4H3,(H,21,25)/t14-,15-,16+/m1/s1. The van der Waals surface area contributed by atoms with Crippen molar-refractivity contribution in [3.05, 3.63) is 24.2 Å². The molecule has 7 nitrogen and oxygen atoms in total. The Labute approximate surface area is 161 Å². The monoisotopic (exact) mass is 377 g/mol. The third-order valence-corrected chi connectivity index (χ3v) is 5.48. The van der Waals surface area contributed by atoms with E-state index in [0.717, 1.165) is 18.8 Å². The van der Waals surface area contributed by atoms with Crippen molar-refractivity contribution >= 4 is 11.8 Å². The molecule has 2 aliphatic rings. The molecule has 150 valence electrons. The summed E-state index contributed by atoms with van der Waals surface area (Å²) in [6.45, 7) is 11.6. The first-order chi connectivity index (χ1) is 12.7. The molecular formula is C20H31N3O4. The summed E-state index contributed by atoms with van der Waals surface area (Å²) in [6.07, 6.45) is 2.23. The predicted molar refractivity (Wildman–Crippen MR) is 101 cm³/mol. The lowest BCUT2D eigenvalue weighted by Gasteiger charge is -2.45. The molecule has 3 rings (SSSR count). The Morgan fingerprint density at radius 3 is 2.59 bits per heavy atom. The fourth-order valence-corrected chi connectivity index (χ4v) is 3.92. The second kappa shape index (κ2) is 8.02. The smallest absolute Gasteiger partial charge is 0.225 e. The zero-order valence-corrected chi connectivity index (χ0v) is 16.7. The number of morpholine rings is 1. The van der Waals surface area contributed by atoms with Crippen LogP contribution >= 0.6 is 0 Å². The first-order valence-corrected chi connectivity index (χ1v) is 9.73. The molecule has 2 fully saturated rings. The summed E-state index contributed by atoms with van der Waals surface area (Å²) in [4.78, 5) is 28.9. The van der Waals surface area contributed by atoms with Gasteiger partial charge in [-0.2, -0.15) is 0 Å². The van der Waals surface area contributed by atoms with Gasteiger partial charge < -0.3 is 19.4 Å². The van der Waals surface area contributed by atoms with E-state index in [1.807, 2.05) is 6.07 Å². The van der Waals surface area contributed by atoms with Gasteiger partial charge in [-0.15, -0.1) is 0 Å². The minimum absolute atomic E-state index is 0.00152. The number of likely N-dealkylation sites (tertiary alicyclic amines) is 1. The molecular weight excluding hydrogens is 346 g/mol. The van der Waals surface area contributed by atoms with Crippen molar-refractivity contribution in [1.29, 1.82) is 0 Å². The Hall–Kier alpha value is -1.86. The van der Waals surface area contributed by atoms with Crippen molar-refractivity contribution in [2.24, 2.45) is 5.92 Å². The Balaban J connectivity index is 1.50. The molecule has 0 spiro atoms. The predicted octanol–water partition coefficient (Wildman–Crippen LogP) is 1.63. The highest BCUT2D eigenvalue weighted by atomic mass is 16.5. The number of carbonyl (C=O) groups is 2. The first-order valence-electron chi connectivity index (χ1n) is 9.73. The molecule has 2 amide bonds. The van der Waals surface area contributed by atoms with Crippen molar-refractivity contribution in [3.8, 4) is 0 Å². The average molecular weight is 377 g/mol. The molecule has 1 aromatic heterocycles. The van der Waals surface area contributed by atoms with Crippen LogP contribution in [0.25, 0.3) is 0 Å². The summed E-state index contributed by atoms with van der Waals surface area (Å²) in [5.41, 5.74) is -0.168. The number of ether oxygens (including phenoxy) is 1. The number of nitrogens with zero attached hydrogens (tertiary/aromatic N) is 2. The van der Waals surface area contributed by atoms with Gasteiger partial charge in [-0.1, -0.05) is 0 Å².